The molecule has 8 heteroatoms. The lowest BCUT2D eigenvalue weighted by molar-refractivity contribution is -0.118. The van der Waals surface area contributed by atoms with Crippen molar-refractivity contribution < 1.29 is 19.1 Å². The molecule has 0 saturated carbocycles. The van der Waals surface area contributed by atoms with Gasteiger partial charge in [0.05, 0.1) is 6.54 Å². The molecule has 0 aliphatic carbocycles. The molecule has 1 fully saturated rings. The van der Waals surface area contributed by atoms with Crippen molar-refractivity contribution in [2.75, 3.05) is 29.9 Å². The molecular weight excluding hydrogens is 264 g/mol. The molecule has 1 aromatic rings. The number of fused-ring (bicyclic) bond motifs is 1. The van der Waals surface area contributed by atoms with Crippen molar-refractivity contribution in [3.8, 4) is 5.75 Å². The zero-order valence-corrected chi connectivity index (χ0v) is 10.7. The summed E-state index contributed by atoms with van der Waals surface area (Å²) >= 11 is 0. The van der Waals surface area contributed by atoms with Gasteiger partial charge in [-0.15, -0.1) is 0 Å². The molecule has 20 heavy (non-hydrogen) atoms. The van der Waals surface area contributed by atoms with E-state index in [-0.39, 0.29) is 18.6 Å². The second-order valence-electron chi connectivity index (χ2n) is 4.55. The standard InChI is InChI=1S/C12H14N4O4/c13-4-3-7-5-16(12(18)20-7)9-2-1-8-11(14-9)15-10(17)6-19-8/h1-2,7H,3-6,13H2,(H,14,15,17)/t7-/m1/s1. The van der Waals surface area contributed by atoms with Crippen molar-refractivity contribution in [1.82, 2.24) is 4.98 Å². The molecule has 0 bridgehead atoms. The number of hydrogen-bond acceptors (Lipinski definition) is 6. The fourth-order valence-electron chi connectivity index (χ4n) is 2.15. The third-order valence-corrected chi connectivity index (χ3v) is 3.10. The number of nitrogens with one attached hydrogen (secondary N) is 1. The predicted octanol–water partition coefficient (Wildman–Crippen LogP) is 0.0865. The lowest BCUT2D eigenvalue weighted by atomic mass is 10.2. The minimum Gasteiger partial charge on any atom is -0.480 e. The van der Waals surface area contributed by atoms with E-state index in [2.05, 4.69) is 10.3 Å². The topological polar surface area (TPSA) is 107 Å². The van der Waals surface area contributed by atoms with Crippen LogP contribution in [0.2, 0.25) is 0 Å². The number of ether oxygens (including phenoxy) is 2. The number of aromatic nitrogens is 1. The molecule has 3 N–H and O–H groups in total. The molecule has 2 amide bonds. The Balaban J connectivity index is 1.82. The van der Waals surface area contributed by atoms with E-state index in [9.17, 15) is 9.59 Å². The van der Waals surface area contributed by atoms with Gasteiger partial charge in [-0.2, -0.15) is 0 Å². The first kappa shape index (κ1) is 12.7. The van der Waals surface area contributed by atoms with Crippen LogP contribution in [0.1, 0.15) is 6.42 Å². The van der Waals surface area contributed by atoms with Gasteiger partial charge in [-0.05, 0) is 25.1 Å². The summed E-state index contributed by atoms with van der Waals surface area (Å²) in [5, 5.41) is 2.60. The van der Waals surface area contributed by atoms with Crippen LogP contribution in [0, 0.1) is 0 Å². The highest BCUT2D eigenvalue weighted by molar-refractivity contribution is 5.95. The SMILES string of the molecule is NCC[C@@H]1CN(c2ccc3c(n2)NC(=O)CO3)C(=O)O1. The maximum Gasteiger partial charge on any atom is 0.415 e. The van der Waals surface area contributed by atoms with Gasteiger partial charge in [-0.3, -0.25) is 9.69 Å². The van der Waals surface area contributed by atoms with E-state index < -0.39 is 6.09 Å². The van der Waals surface area contributed by atoms with Gasteiger partial charge in [0, 0.05) is 0 Å². The average molecular weight is 278 g/mol. The number of rotatable bonds is 3. The summed E-state index contributed by atoms with van der Waals surface area (Å²) in [5.74, 6) is 0.944. The first-order valence-electron chi connectivity index (χ1n) is 6.29. The molecule has 0 spiro atoms. The summed E-state index contributed by atoms with van der Waals surface area (Å²) in [6.45, 7) is 0.822. The number of carbonyl (C=O) groups excluding carboxylic acids is 2. The second kappa shape index (κ2) is 4.97. The van der Waals surface area contributed by atoms with E-state index in [1.54, 1.807) is 12.1 Å². The van der Waals surface area contributed by atoms with Crippen LogP contribution in [0.3, 0.4) is 0 Å². The molecule has 3 rings (SSSR count). The predicted molar refractivity (Wildman–Crippen MR) is 69.6 cm³/mol. The monoisotopic (exact) mass is 278 g/mol. The van der Waals surface area contributed by atoms with Gasteiger partial charge in [-0.25, -0.2) is 9.78 Å². The van der Waals surface area contributed by atoms with Crippen molar-refractivity contribution in [2.45, 2.75) is 12.5 Å². The number of anilines is 2. The molecule has 0 unspecified atom stereocenters. The van der Waals surface area contributed by atoms with Gasteiger partial charge in [0.25, 0.3) is 5.91 Å². The number of amides is 2. The Bertz CT molecular complexity index is 562. The molecule has 106 valence electrons. The minimum atomic E-state index is -0.459. The fourth-order valence-corrected chi connectivity index (χ4v) is 2.15. The lowest BCUT2D eigenvalue weighted by Gasteiger charge is -2.19. The van der Waals surface area contributed by atoms with Crippen molar-refractivity contribution in [1.29, 1.82) is 0 Å². The van der Waals surface area contributed by atoms with Crippen LogP contribution in [0.4, 0.5) is 16.4 Å². The third kappa shape index (κ3) is 2.25. The number of nitrogens with two attached hydrogens (primary N) is 1. The summed E-state index contributed by atoms with van der Waals surface area (Å²) in [6.07, 6.45) is -0.0809. The highest BCUT2D eigenvalue weighted by Crippen LogP contribution is 2.30. The van der Waals surface area contributed by atoms with Crippen LogP contribution in [0.15, 0.2) is 12.1 Å². The summed E-state index contributed by atoms with van der Waals surface area (Å²) in [7, 11) is 0. The number of nitrogens with zero attached hydrogens (tertiary/aromatic N) is 2. The van der Waals surface area contributed by atoms with Gasteiger partial charge in [-0.1, -0.05) is 0 Å². The molecule has 1 saturated heterocycles. The number of pyridine rings is 1. The largest absolute Gasteiger partial charge is 0.480 e. The third-order valence-electron chi connectivity index (χ3n) is 3.10. The maximum absolute atomic E-state index is 11.8. The molecule has 3 heterocycles. The molecule has 0 radical (unpaired) electrons. The highest BCUT2D eigenvalue weighted by Gasteiger charge is 2.33. The molecule has 1 aromatic heterocycles. The first-order valence-corrected chi connectivity index (χ1v) is 6.29. The van der Waals surface area contributed by atoms with Gasteiger partial charge in [0.1, 0.15) is 11.9 Å². The molecule has 0 aromatic carbocycles. The Morgan fingerprint density at radius 3 is 3.10 bits per heavy atom. The maximum atomic E-state index is 11.8. The van der Waals surface area contributed by atoms with Crippen LogP contribution in [0.25, 0.3) is 0 Å². The van der Waals surface area contributed by atoms with Crippen molar-refractivity contribution in [2.24, 2.45) is 5.73 Å². The summed E-state index contributed by atoms with van der Waals surface area (Å²) in [4.78, 5) is 28.7. The van der Waals surface area contributed by atoms with E-state index in [1.807, 2.05) is 0 Å². The molecule has 2 aliphatic rings. The van der Waals surface area contributed by atoms with Gasteiger partial charge in [0.2, 0.25) is 0 Å². The Kier molecular flexibility index (Phi) is 3.15. The quantitative estimate of drug-likeness (QED) is 0.811. The zero-order valence-electron chi connectivity index (χ0n) is 10.7. The smallest absolute Gasteiger partial charge is 0.415 e. The fraction of sp³-hybridized carbons (Fsp3) is 0.417. The van der Waals surface area contributed by atoms with Crippen LogP contribution in [-0.4, -0.2) is 42.8 Å². The summed E-state index contributed by atoms with van der Waals surface area (Å²) < 4.78 is 10.4. The van der Waals surface area contributed by atoms with E-state index in [4.69, 9.17) is 15.2 Å². The Morgan fingerprint density at radius 1 is 1.45 bits per heavy atom. The number of cyclic esters (lactones) is 1. The normalized spacial score (nSPS) is 21.1. The second-order valence-corrected chi connectivity index (χ2v) is 4.55. The summed E-state index contributed by atoms with van der Waals surface area (Å²) in [5.41, 5.74) is 5.45. The van der Waals surface area contributed by atoms with Crippen LogP contribution >= 0.6 is 0 Å². The van der Waals surface area contributed by atoms with Crippen molar-refractivity contribution in [3.63, 3.8) is 0 Å². The number of carbonyl (C=O) groups is 2. The van der Waals surface area contributed by atoms with E-state index >= 15 is 0 Å². The van der Waals surface area contributed by atoms with Gasteiger partial charge in [0.15, 0.2) is 18.2 Å². The Morgan fingerprint density at radius 2 is 2.30 bits per heavy atom. The first-order chi connectivity index (χ1) is 9.67. The summed E-state index contributed by atoms with van der Waals surface area (Å²) in [6, 6.07) is 3.32. The lowest BCUT2D eigenvalue weighted by Crippen LogP contribution is -2.29. The van der Waals surface area contributed by atoms with E-state index in [0.717, 1.165) is 0 Å². The van der Waals surface area contributed by atoms with E-state index in [1.165, 1.54) is 4.90 Å². The minimum absolute atomic E-state index is 0.0294. The Labute approximate surface area is 114 Å². The highest BCUT2D eigenvalue weighted by atomic mass is 16.6. The van der Waals surface area contributed by atoms with Crippen molar-refractivity contribution in [3.05, 3.63) is 12.1 Å². The zero-order chi connectivity index (χ0) is 14.1. The van der Waals surface area contributed by atoms with Crippen LogP contribution in [0.5, 0.6) is 5.75 Å². The molecule has 1 atom stereocenters. The van der Waals surface area contributed by atoms with Crippen LogP contribution in [-0.2, 0) is 9.53 Å². The van der Waals surface area contributed by atoms with Crippen molar-refractivity contribution >= 4 is 23.6 Å². The molecule has 2 aliphatic heterocycles. The van der Waals surface area contributed by atoms with Crippen LogP contribution < -0.4 is 20.7 Å². The Hall–Kier alpha value is -2.35. The number of hydrogen-bond donors (Lipinski definition) is 2. The van der Waals surface area contributed by atoms with Gasteiger partial charge >= 0.3 is 6.09 Å². The average Bonchev–Trinajstić information content (AvgIpc) is 2.79. The molecule has 8 nitrogen and oxygen atoms in total. The van der Waals surface area contributed by atoms with Gasteiger partial charge < -0.3 is 20.5 Å². The van der Waals surface area contributed by atoms with E-state index in [0.29, 0.717) is 36.9 Å². The molecular formula is C12H14N4O4.